The molecule has 112 valence electrons. The van der Waals surface area contributed by atoms with Crippen LogP contribution >= 0.6 is 15.9 Å². The first-order chi connectivity index (χ1) is 10.0. The number of hydrogen-bond acceptors (Lipinski definition) is 0. The Kier molecular flexibility index (Phi) is 6.63. The zero-order valence-corrected chi connectivity index (χ0v) is 14.5. The van der Waals surface area contributed by atoms with E-state index in [1.165, 1.54) is 6.08 Å². The smallest absolute Gasteiger partial charge is 0.127 e. The molecule has 1 aromatic rings. The van der Waals surface area contributed by atoms with E-state index < -0.39 is 0 Å². The minimum atomic E-state index is -0.316. The summed E-state index contributed by atoms with van der Waals surface area (Å²) in [5.41, 5.74) is 3.10. The lowest BCUT2D eigenvalue weighted by molar-refractivity contribution is 0.670. The normalized spacial score (nSPS) is 13.6. The van der Waals surface area contributed by atoms with Gasteiger partial charge >= 0.3 is 0 Å². The van der Waals surface area contributed by atoms with Crippen molar-refractivity contribution in [2.24, 2.45) is 0 Å². The van der Waals surface area contributed by atoms with Crippen molar-refractivity contribution in [3.8, 4) is 0 Å². The van der Waals surface area contributed by atoms with Crippen molar-refractivity contribution in [1.82, 2.24) is 4.57 Å². The Bertz CT molecular complexity index is 642. The van der Waals surface area contributed by atoms with Gasteiger partial charge in [-0.05, 0) is 55.3 Å². The average Bonchev–Trinajstić information content (AvgIpc) is 2.80. The van der Waals surface area contributed by atoms with Crippen molar-refractivity contribution in [2.45, 2.75) is 27.7 Å². The highest BCUT2D eigenvalue weighted by molar-refractivity contribution is 9.10. The van der Waals surface area contributed by atoms with Gasteiger partial charge < -0.3 is 4.57 Å². The lowest BCUT2D eigenvalue weighted by Gasteiger charge is -2.11. The summed E-state index contributed by atoms with van der Waals surface area (Å²) in [5.74, 6) is -0.316. The van der Waals surface area contributed by atoms with Gasteiger partial charge in [-0.1, -0.05) is 37.0 Å². The molecule has 0 saturated heterocycles. The second kappa shape index (κ2) is 7.99. The molecule has 0 aliphatic rings. The zero-order valence-electron chi connectivity index (χ0n) is 13.0. The van der Waals surface area contributed by atoms with E-state index in [4.69, 9.17) is 0 Å². The summed E-state index contributed by atoms with van der Waals surface area (Å²) in [5, 5.41) is 0. The van der Waals surface area contributed by atoms with Gasteiger partial charge in [0, 0.05) is 17.3 Å². The molecule has 0 fully saturated rings. The molecular weight excluding hydrogens is 329 g/mol. The fourth-order valence-electron chi connectivity index (χ4n) is 2.12. The van der Waals surface area contributed by atoms with E-state index in [0.717, 1.165) is 21.4 Å². The van der Waals surface area contributed by atoms with Gasteiger partial charge in [-0.2, -0.15) is 0 Å². The second-order valence-corrected chi connectivity index (χ2v) is 5.25. The van der Waals surface area contributed by atoms with E-state index in [9.17, 15) is 4.39 Å². The Hall–Kier alpha value is -1.61. The molecule has 0 aliphatic carbocycles. The molecular formula is C18H21BrFN. The highest BCUT2D eigenvalue weighted by Gasteiger charge is 2.18. The van der Waals surface area contributed by atoms with Gasteiger partial charge in [-0.3, -0.25) is 0 Å². The van der Waals surface area contributed by atoms with Crippen LogP contribution in [0.4, 0.5) is 4.39 Å². The van der Waals surface area contributed by atoms with Gasteiger partial charge in [0.1, 0.15) is 5.83 Å². The fraction of sp³-hybridized carbons (Fsp3) is 0.222. The molecule has 1 rings (SSSR count). The molecule has 0 radical (unpaired) electrons. The summed E-state index contributed by atoms with van der Waals surface area (Å²) in [6.45, 7) is 11.4. The highest BCUT2D eigenvalue weighted by Crippen LogP contribution is 2.35. The maximum absolute atomic E-state index is 14.0. The third-order valence-electron chi connectivity index (χ3n) is 3.08. The first-order valence-corrected chi connectivity index (χ1v) is 7.65. The number of halogens is 2. The predicted molar refractivity (Wildman–Crippen MR) is 95.5 cm³/mol. The molecule has 0 unspecified atom stereocenters. The molecule has 0 saturated carbocycles. The van der Waals surface area contributed by atoms with Crippen LogP contribution in [0, 0.1) is 0 Å². The summed E-state index contributed by atoms with van der Waals surface area (Å²) in [7, 11) is 0. The molecule has 0 amide bonds. The molecule has 21 heavy (non-hydrogen) atoms. The number of aromatic nitrogens is 1. The van der Waals surface area contributed by atoms with Crippen LogP contribution in [0.1, 0.15) is 39.0 Å². The summed E-state index contributed by atoms with van der Waals surface area (Å²) in [6.07, 6.45) is 11.2. The number of nitrogens with zero attached hydrogens (tertiary/aromatic N) is 1. The minimum absolute atomic E-state index is 0.316. The Morgan fingerprint density at radius 3 is 2.33 bits per heavy atom. The first-order valence-electron chi connectivity index (χ1n) is 6.86. The molecule has 0 N–H and O–H groups in total. The quantitative estimate of drug-likeness (QED) is 0.527. The van der Waals surface area contributed by atoms with Gasteiger partial charge in [0.25, 0.3) is 0 Å². The van der Waals surface area contributed by atoms with Gasteiger partial charge in [-0.25, -0.2) is 4.39 Å². The van der Waals surface area contributed by atoms with Gasteiger partial charge in [0.05, 0.1) is 10.3 Å². The standard InChI is InChI=1S/C18H21BrFN/c1-6-10-14(8-3)15-12-17(19)21(11-7-2)18(15)13(5)16(20)9-4/h6-12H,5H2,1-4H3/b10-6-,11-7-,14-8+,16-9+. The summed E-state index contributed by atoms with van der Waals surface area (Å²) in [6, 6.07) is 1.98. The van der Waals surface area contributed by atoms with E-state index >= 15 is 0 Å². The molecule has 0 spiro atoms. The van der Waals surface area contributed by atoms with Crippen molar-refractivity contribution < 1.29 is 4.39 Å². The highest BCUT2D eigenvalue weighted by atomic mass is 79.9. The molecule has 1 nitrogen and oxygen atoms in total. The average molecular weight is 350 g/mol. The van der Waals surface area contributed by atoms with Crippen molar-refractivity contribution in [2.75, 3.05) is 0 Å². The topological polar surface area (TPSA) is 4.93 Å². The monoisotopic (exact) mass is 349 g/mol. The van der Waals surface area contributed by atoms with E-state index in [1.807, 2.05) is 61.9 Å². The van der Waals surface area contributed by atoms with Gasteiger partial charge in [-0.15, -0.1) is 0 Å². The minimum Gasteiger partial charge on any atom is -0.310 e. The Balaban J connectivity index is 3.67. The SMILES string of the molecule is C=C(/C(F)=C\C)c1c(C(/C=C\C)=C/C)cc(Br)n1/C=C\C. The van der Waals surface area contributed by atoms with Crippen LogP contribution in [-0.4, -0.2) is 4.57 Å². The van der Waals surface area contributed by atoms with E-state index in [2.05, 4.69) is 22.5 Å². The van der Waals surface area contributed by atoms with Crippen LogP contribution < -0.4 is 0 Å². The number of allylic oxidation sites excluding steroid dienone is 8. The number of rotatable bonds is 5. The van der Waals surface area contributed by atoms with Gasteiger partial charge in [0.15, 0.2) is 0 Å². The van der Waals surface area contributed by atoms with Crippen molar-refractivity contribution in [3.63, 3.8) is 0 Å². The van der Waals surface area contributed by atoms with E-state index in [-0.39, 0.29) is 5.83 Å². The predicted octanol–water partition coefficient (Wildman–Crippen LogP) is 6.61. The molecule has 0 bridgehead atoms. The van der Waals surface area contributed by atoms with E-state index in [0.29, 0.717) is 5.57 Å². The Morgan fingerprint density at radius 1 is 1.19 bits per heavy atom. The second-order valence-electron chi connectivity index (χ2n) is 4.44. The first kappa shape index (κ1) is 17.4. The van der Waals surface area contributed by atoms with Crippen LogP contribution in [0.2, 0.25) is 0 Å². The van der Waals surface area contributed by atoms with Crippen LogP contribution in [0.25, 0.3) is 17.3 Å². The largest absolute Gasteiger partial charge is 0.310 e. The lowest BCUT2D eigenvalue weighted by atomic mass is 10.0. The van der Waals surface area contributed by atoms with Crippen molar-refractivity contribution >= 4 is 33.3 Å². The van der Waals surface area contributed by atoms with Crippen LogP contribution in [-0.2, 0) is 0 Å². The maximum atomic E-state index is 14.0. The third kappa shape index (κ3) is 3.73. The Labute approximate surface area is 135 Å². The summed E-state index contributed by atoms with van der Waals surface area (Å²) in [4.78, 5) is 0. The Morgan fingerprint density at radius 2 is 1.86 bits per heavy atom. The number of hydrogen-bond donors (Lipinski definition) is 0. The lowest BCUT2D eigenvalue weighted by Crippen LogP contribution is -1.98. The fourth-order valence-corrected chi connectivity index (χ4v) is 2.65. The summed E-state index contributed by atoms with van der Waals surface area (Å²) >= 11 is 3.53. The summed E-state index contributed by atoms with van der Waals surface area (Å²) < 4.78 is 16.8. The van der Waals surface area contributed by atoms with Crippen LogP contribution in [0.5, 0.6) is 0 Å². The molecule has 0 aromatic carbocycles. The molecule has 0 aliphatic heterocycles. The van der Waals surface area contributed by atoms with Crippen molar-refractivity contribution in [1.29, 1.82) is 0 Å². The molecule has 1 heterocycles. The maximum Gasteiger partial charge on any atom is 0.127 e. The zero-order chi connectivity index (χ0) is 16.0. The van der Waals surface area contributed by atoms with Crippen molar-refractivity contribution in [3.05, 3.63) is 64.7 Å². The van der Waals surface area contributed by atoms with Crippen LogP contribution in [0.15, 0.2) is 53.5 Å². The molecule has 0 atom stereocenters. The van der Waals surface area contributed by atoms with Gasteiger partial charge in [0.2, 0.25) is 0 Å². The van der Waals surface area contributed by atoms with E-state index in [1.54, 1.807) is 6.92 Å². The van der Waals surface area contributed by atoms with Crippen LogP contribution in [0.3, 0.4) is 0 Å². The molecule has 3 heteroatoms. The molecule has 1 aromatic heterocycles. The third-order valence-corrected chi connectivity index (χ3v) is 3.69.